The number of hydrogen-bond donors (Lipinski definition) is 2. The Balaban J connectivity index is 0.00000133. The molecule has 1 aliphatic carbocycles. The first kappa shape index (κ1) is 15.3. The highest BCUT2D eigenvalue weighted by Crippen LogP contribution is 2.38. The Bertz CT molecular complexity index is 452. The summed E-state index contributed by atoms with van der Waals surface area (Å²) in [5.74, 6) is 0.602. The zero-order valence-corrected chi connectivity index (χ0v) is 12.6. The van der Waals surface area contributed by atoms with Crippen LogP contribution >= 0.6 is 12.4 Å². The average molecular weight is 308 g/mol. The van der Waals surface area contributed by atoms with Crippen LogP contribution in [0.5, 0.6) is 0 Å². The van der Waals surface area contributed by atoms with E-state index in [0.29, 0.717) is 12.5 Å². The normalized spacial score (nSPS) is 31.1. The summed E-state index contributed by atoms with van der Waals surface area (Å²) in [7, 11) is -3.27. The van der Waals surface area contributed by atoms with E-state index in [1.54, 1.807) is 4.31 Å². The van der Waals surface area contributed by atoms with Gasteiger partial charge in [-0.3, -0.25) is 0 Å². The lowest BCUT2D eigenvalue weighted by Gasteiger charge is -2.26. The van der Waals surface area contributed by atoms with E-state index in [9.17, 15) is 8.42 Å². The molecule has 2 unspecified atom stereocenters. The van der Waals surface area contributed by atoms with Gasteiger partial charge in [-0.15, -0.1) is 12.4 Å². The van der Waals surface area contributed by atoms with Crippen LogP contribution in [0, 0.1) is 5.92 Å². The predicted octanol–water partition coefficient (Wildman–Crippen LogP) is 0.647. The third-order valence-corrected chi connectivity index (χ3v) is 5.88. The van der Waals surface area contributed by atoms with Gasteiger partial charge < -0.3 is 5.32 Å². The first-order valence-electron chi connectivity index (χ1n) is 6.80. The Morgan fingerprint density at radius 2 is 2.26 bits per heavy atom. The van der Waals surface area contributed by atoms with Crippen LogP contribution in [0.4, 0.5) is 0 Å². The molecule has 2 bridgehead atoms. The van der Waals surface area contributed by atoms with Crippen LogP contribution in [-0.4, -0.2) is 44.9 Å². The number of rotatable bonds is 4. The van der Waals surface area contributed by atoms with Gasteiger partial charge in [-0.1, -0.05) is 11.6 Å². The molecule has 19 heavy (non-hydrogen) atoms. The summed E-state index contributed by atoms with van der Waals surface area (Å²) in [5.41, 5.74) is 1.20. The zero-order chi connectivity index (χ0) is 12.6. The number of piperidine rings is 1. The lowest BCUT2D eigenvalue weighted by Crippen LogP contribution is -2.45. The molecule has 2 fully saturated rings. The van der Waals surface area contributed by atoms with E-state index < -0.39 is 10.2 Å². The summed E-state index contributed by atoms with van der Waals surface area (Å²) in [6.07, 6.45) is 6.33. The molecule has 0 radical (unpaired) electrons. The topological polar surface area (TPSA) is 61.4 Å². The van der Waals surface area contributed by atoms with Crippen molar-refractivity contribution in [1.82, 2.24) is 14.3 Å². The highest BCUT2D eigenvalue weighted by molar-refractivity contribution is 7.87. The van der Waals surface area contributed by atoms with Crippen molar-refractivity contribution in [3.8, 4) is 0 Å². The fourth-order valence-corrected chi connectivity index (χ4v) is 4.80. The summed E-state index contributed by atoms with van der Waals surface area (Å²) in [6.45, 7) is 2.99. The molecular weight excluding hydrogens is 286 g/mol. The summed E-state index contributed by atoms with van der Waals surface area (Å²) < 4.78 is 28.9. The van der Waals surface area contributed by atoms with Crippen LogP contribution < -0.4 is 10.0 Å². The van der Waals surface area contributed by atoms with Gasteiger partial charge in [0.1, 0.15) is 0 Å². The van der Waals surface area contributed by atoms with Crippen LogP contribution in [0.2, 0.25) is 0 Å². The molecule has 0 aromatic heterocycles. The van der Waals surface area contributed by atoms with Gasteiger partial charge in [-0.2, -0.15) is 17.4 Å². The van der Waals surface area contributed by atoms with Gasteiger partial charge in [-0.05, 0) is 38.1 Å². The van der Waals surface area contributed by atoms with Gasteiger partial charge in [0.15, 0.2) is 0 Å². The van der Waals surface area contributed by atoms with Crippen molar-refractivity contribution < 1.29 is 8.42 Å². The highest BCUT2D eigenvalue weighted by atomic mass is 35.5. The van der Waals surface area contributed by atoms with E-state index in [4.69, 9.17) is 0 Å². The lowest BCUT2D eigenvalue weighted by atomic mass is 10.1. The molecule has 5 nitrogen and oxygen atoms in total. The van der Waals surface area contributed by atoms with Crippen molar-refractivity contribution in [2.24, 2.45) is 5.92 Å². The molecule has 1 saturated heterocycles. The number of nitrogens with one attached hydrogen (secondary N) is 2. The van der Waals surface area contributed by atoms with Gasteiger partial charge in [0, 0.05) is 25.7 Å². The van der Waals surface area contributed by atoms with E-state index in [1.807, 2.05) is 0 Å². The van der Waals surface area contributed by atoms with Crippen LogP contribution in [0.1, 0.15) is 25.7 Å². The quantitative estimate of drug-likeness (QED) is 0.750. The van der Waals surface area contributed by atoms with E-state index in [1.165, 1.54) is 12.0 Å². The van der Waals surface area contributed by atoms with Gasteiger partial charge in [0.25, 0.3) is 10.2 Å². The second-order valence-corrected chi connectivity index (χ2v) is 7.25. The monoisotopic (exact) mass is 307 g/mol. The number of nitrogens with zero attached hydrogens (tertiary/aromatic N) is 1. The Hall–Kier alpha value is -0.140. The van der Waals surface area contributed by atoms with Crippen molar-refractivity contribution in [2.75, 3.05) is 26.2 Å². The molecule has 110 valence electrons. The Morgan fingerprint density at radius 1 is 1.42 bits per heavy atom. The molecule has 3 aliphatic rings. The van der Waals surface area contributed by atoms with Crippen LogP contribution in [-0.2, 0) is 10.2 Å². The van der Waals surface area contributed by atoms with Gasteiger partial charge in [0.2, 0.25) is 0 Å². The summed E-state index contributed by atoms with van der Waals surface area (Å²) in [4.78, 5) is 0. The molecule has 0 aromatic rings. The minimum Gasteiger partial charge on any atom is -0.313 e. The third kappa shape index (κ3) is 3.31. The van der Waals surface area contributed by atoms with Crippen molar-refractivity contribution >= 4 is 22.6 Å². The first-order valence-corrected chi connectivity index (χ1v) is 8.24. The molecule has 0 spiro atoms. The van der Waals surface area contributed by atoms with Gasteiger partial charge in [0.05, 0.1) is 0 Å². The second kappa shape index (κ2) is 6.10. The Labute approximate surface area is 121 Å². The molecule has 7 heteroatoms. The van der Waals surface area contributed by atoms with Gasteiger partial charge >= 0.3 is 0 Å². The average Bonchev–Trinajstić information content (AvgIpc) is 3.00. The zero-order valence-electron chi connectivity index (χ0n) is 11.0. The standard InChI is InChI=1S/C12H21N3O2S.ClH/c16-18(17,14-8-10-3-5-13-6-4-10)15-9-11-1-2-12(15)7-11;/h3,11-14H,1-2,4-9H2;1H. The molecule has 0 amide bonds. The van der Waals surface area contributed by atoms with E-state index in [2.05, 4.69) is 16.1 Å². The van der Waals surface area contributed by atoms with Crippen LogP contribution in [0.15, 0.2) is 11.6 Å². The van der Waals surface area contributed by atoms with Crippen LogP contribution in [0.3, 0.4) is 0 Å². The van der Waals surface area contributed by atoms with Crippen molar-refractivity contribution in [1.29, 1.82) is 0 Å². The third-order valence-electron chi connectivity index (χ3n) is 4.31. The molecular formula is C12H22ClN3O2S. The van der Waals surface area contributed by atoms with E-state index >= 15 is 0 Å². The Kier molecular flexibility index (Phi) is 4.89. The maximum absolute atomic E-state index is 12.2. The summed E-state index contributed by atoms with van der Waals surface area (Å²) >= 11 is 0. The largest absolute Gasteiger partial charge is 0.313 e. The molecule has 1 saturated carbocycles. The Morgan fingerprint density at radius 3 is 2.84 bits per heavy atom. The fraction of sp³-hybridized carbons (Fsp3) is 0.833. The minimum absolute atomic E-state index is 0. The highest BCUT2D eigenvalue weighted by Gasteiger charge is 2.43. The SMILES string of the molecule is Cl.O=S(=O)(NCC1=CCNCC1)N1CC2CCC1C2. The second-order valence-electron chi connectivity index (χ2n) is 5.55. The summed E-state index contributed by atoms with van der Waals surface area (Å²) in [6, 6.07) is 0.259. The molecule has 2 heterocycles. The van der Waals surface area contributed by atoms with Crippen LogP contribution in [0.25, 0.3) is 0 Å². The molecule has 3 rings (SSSR count). The maximum atomic E-state index is 12.2. The van der Waals surface area contributed by atoms with E-state index in [-0.39, 0.29) is 18.4 Å². The lowest BCUT2D eigenvalue weighted by molar-refractivity contribution is 0.329. The number of halogens is 1. The number of fused-ring (bicyclic) bond motifs is 2. The fourth-order valence-electron chi connectivity index (χ4n) is 3.27. The molecule has 0 aromatic carbocycles. The predicted molar refractivity (Wildman–Crippen MR) is 77.6 cm³/mol. The van der Waals surface area contributed by atoms with Gasteiger partial charge in [-0.25, -0.2) is 0 Å². The van der Waals surface area contributed by atoms with Crippen molar-refractivity contribution in [3.63, 3.8) is 0 Å². The van der Waals surface area contributed by atoms with E-state index in [0.717, 1.165) is 38.9 Å². The minimum atomic E-state index is -3.27. The first-order chi connectivity index (χ1) is 8.65. The maximum Gasteiger partial charge on any atom is 0.280 e. The molecule has 2 N–H and O–H groups in total. The molecule has 2 atom stereocenters. The molecule has 2 aliphatic heterocycles. The van der Waals surface area contributed by atoms with Crippen molar-refractivity contribution in [2.45, 2.75) is 31.7 Å². The number of hydrogen-bond acceptors (Lipinski definition) is 3. The summed E-state index contributed by atoms with van der Waals surface area (Å²) in [5, 5.41) is 3.22. The van der Waals surface area contributed by atoms with Crippen molar-refractivity contribution in [3.05, 3.63) is 11.6 Å². The smallest absolute Gasteiger partial charge is 0.280 e.